The molecule has 3 rings (SSSR count). The second kappa shape index (κ2) is 5.31. The lowest BCUT2D eigenvalue weighted by Crippen LogP contribution is -2.31. The smallest absolute Gasteiger partial charge is 0.216 e. The summed E-state index contributed by atoms with van der Waals surface area (Å²) in [6.07, 6.45) is 6.75. The van der Waals surface area contributed by atoms with Crippen LogP contribution in [0.4, 0.5) is 0 Å². The van der Waals surface area contributed by atoms with Gasteiger partial charge in [-0.25, -0.2) is 0 Å². The number of benzene rings is 1. The predicted octanol–water partition coefficient (Wildman–Crippen LogP) is 1.43. The van der Waals surface area contributed by atoms with Gasteiger partial charge in [-0.2, -0.15) is 0 Å². The minimum Gasteiger partial charge on any atom is -0.496 e. The number of hydrogen-bond donors (Lipinski definition) is 1. The largest absolute Gasteiger partial charge is 0.496 e. The van der Waals surface area contributed by atoms with Crippen molar-refractivity contribution in [3.8, 4) is 5.75 Å². The molecular weight excluding hydrogens is 250 g/mol. The number of hydrogen-bond acceptors (Lipinski definition) is 2. The van der Waals surface area contributed by atoms with E-state index in [0.717, 1.165) is 31.6 Å². The summed E-state index contributed by atoms with van der Waals surface area (Å²) < 4.78 is 5.57. The molecule has 2 aliphatic rings. The fourth-order valence-corrected chi connectivity index (χ4v) is 3.56. The molecule has 1 aromatic carbocycles. The fraction of sp³-hybridized carbons (Fsp3) is 0.471. The average molecular weight is 271 g/mol. The van der Waals surface area contributed by atoms with Crippen LogP contribution in [0.1, 0.15) is 44.1 Å². The van der Waals surface area contributed by atoms with Crippen molar-refractivity contribution in [2.75, 3.05) is 13.7 Å². The fourth-order valence-electron chi connectivity index (χ4n) is 3.56. The quantitative estimate of drug-likeness (QED) is 0.900. The highest BCUT2D eigenvalue weighted by Crippen LogP contribution is 2.37. The molecule has 20 heavy (non-hydrogen) atoms. The van der Waals surface area contributed by atoms with E-state index in [2.05, 4.69) is 23.5 Å². The summed E-state index contributed by atoms with van der Waals surface area (Å²) in [4.78, 5) is 11.0. The second-order valence-electron chi connectivity index (χ2n) is 5.66. The molecule has 0 bridgehead atoms. The molecule has 0 aliphatic heterocycles. The van der Waals surface area contributed by atoms with Crippen LogP contribution in [-0.4, -0.2) is 19.6 Å². The van der Waals surface area contributed by atoms with Crippen LogP contribution >= 0.6 is 0 Å². The van der Waals surface area contributed by atoms with Gasteiger partial charge in [0, 0.05) is 19.0 Å². The molecule has 3 nitrogen and oxygen atoms in total. The number of amides is 1. The van der Waals surface area contributed by atoms with Crippen LogP contribution in [-0.2, 0) is 4.79 Å². The van der Waals surface area contributed by atoms with Crippen LogP contribution in [0.15, 0.2) is 12.1 Å². The zero-order valence-corrected chi connectivity index (χ0v) is 12.2. The van der Waals surface area contributed by atoms with Crippen molar-refractivity contribution in [2.45, 2.75) is 38.5 Å². The van der Waals surface area contributed by atoms with Gasteiger partial charge < -0.3 is 10.1 Å². The molecule has 0 saturated carbocycles. The molecule has 0 radical (unpaired) electrons. The van der Waals surface area contributed by atoms with Crippen LogP contribution < -0.4 is 20.5 Å². The Balaban J connectivity index is 1.95. The number of ether oxygens (including phenoxy) is 1. The van der Waals surface area contributed by atoms with Crippen LogP contribution in [0.3, 0.4) is 0 Å². The molecule has 1 unspecified atom stereocenters. The van der Waals surface area contributed by atoms with Crippen LogP contribution in [0.2, 0.25) is 0 Å². The van der Waals surface area contributed by atoms with Gasteiger partial charge in [0.05, 0.1) is 7.11 Å². The lowest BCUT2D eigenvalue weighted by molar-refractivity contribution is -0.118. The van der Waals surface area contributed by atoms with Crippen molar-refractivity contribution in [3.63, 3.8) is 0 Å². The lowest BCUT2D eigenvalue weighted by Gasteiger charge is -2.15. The average Bonchev–Trinajstić information content (AvgIpc) is 2.80. The van der Waals surface area contributed by atoms with Gasteiger partial charge in [-0.3, -0.25) is 4.79 Å². The van der Waals surface area contributed by atoms with Crippen LogP contribution in [0.5, 0.6) is 5.75 Å². The third-order valence-corrected chi connectivity index (χ3v) is 4.39. The van der Waals surface area contributed by atoms with Crippen LogP contribution in [0.25, 0.3) is 11.6 Å². The van der Waals surface area contributed by atoms with E-state index in [0.29, 0.717) is 5.92 Å². The Morgan fingerprint density at radius 2 is 2.30 bits per heavy atom. The molecule has 2 aliphatic carbocycles. The van der Waals surface area contributed by atoms with Crippen molar-refractivity contribution in [1.82, 2.24) is 5.32 Å². The van der Waals surface area contributed by atoms with Gasteiger partial charge in [0.1, 0.15) is 5.75 Å². The summed E-state index contributed by atoms with van der Waals surface area (Å²) in [6.45, 7) is 2.31. The molecule has 0 fully saturated rings. The summed E-state index contributed by atoms with van der Waals surface area (Å²) in [5, 5.41) is 5.71. The lowest BCUT2D eigenvalue weighted by atomic mass is 9.95. The van der Waals surface area contributed by atoms with Gasteiger partial charge in [0.25, 0.3) is 0 Å². The number of carbonyl (C=O) groups excluding carboxylic acids is 1. The molecule has 3 heteroatoms. The molecule has 0 spiro atoms. The Kier molecular flexibility index (Phi) is 3.51. The van der Waals surface area contributed by atoms with Gasteiger partial charge in [-0.05, 0) is 48.1 Å². The molecule has 1 amide bonds. The van der Waals surface area contributed by atoms with E-state index >= 15 is 0 Å². The van der Waals surface area contributed by atoms with Gasteiger partial charge in [-0.15, -0.1) is 0 Å². The van der Waals surface area contributed by atoms with E-state index in [1.54, 1.807) is 19.6 Å². The first-order valence-electron chi connectivity index (χ1n) is 7.34. The third-order valence-electron chi connectivity index (χ3n) is 4.39. The van der Waals surface area contributed by atoms with E-state index in [-0.39, 0.29) is 5.91 Å². The monoisotopic (exact) mass is 271 g/mol. The van der Waals surface area contributed by atoms with Gasteiger partial charge >= 0.3 is 0 Å². The first kappa shape index (κ1) is 13.2. The highest BCUT2D eigenvalue weighted by atomic mass is 16.5. The van der Waals surface area contributed by atoms with Crippen molar-refractivity contribution in [3.05, 3.63) is 28.1 Å². The van der Waals surface area contributed by atoms with E-state index in [9.17, 15) is 4.79 Å². The maximum absolute atomic E-state index is 11.0. The number of nitrogens with one attached hydrogen (secondary N) is 1. The summed E-state index contributed by atoms with van der Waals surface area (Å²) >= 11 is 0. The number of rotatable bonds is 4. The molecule has 0 saturated heterocycles. The van der Waals surface area contributed by atoms with Crippen molar-refractivity contribution >= 4 is 17.6 Å². The number of methoxy groups -OCH3 is 1. The Labute approximate surface area is 119 Å². The van der Waals surface area contributed by atoms with Crippen molar-refractivity contribution in [2.24, 2.45) is 0 Å². The summed E-state index contributed by atoms with van der Waals surface area (Å²) in [5.74, 6) is 1.53. The summed E-state index contributed by atoms with van der Waals surface area (Å²) in [7, 11) is 1.74. The zero-order valence-electron chi connectivity index (χ0n) is 12.2. The second-order valence-corrected chi connectivity index (χ2v) is 5.66. The van der Waals surface area contributed by atoms with Crippen molar-refractivity contribution in [1.29, 1.82) is 0 Å². The molecule has 1 aromatic rings. The Morgan fingerprint density at radius 3 is 3.05 bits per heavy atom. The molecule has 1 N–H and O–H groups in total. The maximum Gasteiger partial charge on any atom is 0.216 e. The molecule has 106 valence electrons. The van der Waals surface area contributed by atoms with Gasteiger partial charge in [0.15, 0.2) is 0 Å². The van der Waals surface area contributed by atoms with E-state index in [1.165, 1.54) is 22.4 Å². The summed E-state index contributed by atoms with van der Waals surface area (Å²) in [6, 6.07) is 4.26. The first-order valence-corrected chi connectivity index (χ1v) is 7.34. The topological polar surface area (TPSA) is 38.3 Å². The van der Waals surface area contributed by atoms with Gasteiger partial charge in [0.2, 0.25) is 5.91 Å². The Hall–Kier alpha value is -1.77. The van der Waals surface area contributed by atoms with E-state index in [1.807, 2.05) is 0 Å². The van der Waals surface area contributed by atoms with E-state index in [4.69, 9.17) is 4.74 Å². The van der Waals surface area contributed by atoms with Crippen LogP contribution in [0, 0.1) is 0 Å². The SMILES string of the molecule is COc1ccc2c3c1C(CCNC(C)=O)CC=3CCC=2. The molecule has 0 heterocycles. The zero-order chi connectivity index (χ0) is 14.1. The summed E-state index contributed by atoms with van der Waals surface area (Å²) in [5.41, 5.74) is 2.94. The maximum atomic E-state index is 11.0. The third kappa shape index (κ3) is 2.21. The van der Waals surface area contributed by atoms with Crippen molar-refractivity contribution < 1.29 is 9.53 Å². The standard InChI is InChI=1S/C17H21NO2/c1-11(19)18-9-8-14-10-13-5-3-4-12-6-7-15(20-2)17(14)16(12)13/h4,6-7,14H,3,5,8-10H2,1-2H3,(H,18,19). The minimum atomic E-state index is 0.0470. The molecule has 1 atom stereocenters. The Bertz CT molecular complexity index is 660. The molecular formula is C17H21NO2. The van der Waals surface area contributed by atoms with Gasteiger partial charge in [-0.1, -0.05) is 17.7 Å². The normalized spacial score (nSPS) is 19.3. The minimum absolute atomic E-state index is 0.0470. The highest BCUT2D eigenvalue weighted by molar-refractivity contribution is 5.72. The number of carbonyl (C=O) groups is 1. The predicted molar refractivity (Wildman–Crippen MR) is 80.0 cm³/mol. The molecule has 0 aromatic heterocycles. The Morgan fingerprint density at radius 1 is 1.45 bits per heavy atom. The van der Waals surface area contributed by atoms with E-state index < -0.39 is 0 Å². The highest BCUT2D eigenvalue weighted by Gasteiger charge is 2.27. The first-order chi connectivity index (χ1) is 9.70.